The maximum Gasteiger partial charge on any atom is 0.157 e. The molecule has 3 nitrogen and oxygen atoms in total. The normalized spacial score (nSPS) is 10.2. The zero-order valence-corrected chi connectivity index (χ0v) is 10.4. The Bertz CT molecular complexity index is 494. The van der Waals surface area contributed by atoms with Crippen molar-refractivity contribution in [3.05, 3.63) is 52.3 Å². The molecule has 0 bridgehead atoms. The first-order valence-corrected chi connectivity index (χ1v) is 5.69. The monoisotopic (exact) mass is 268 g/mol. The van der Waals surface area contributed by atoms with Crippen molar-refractivity contribution in [2.75, 3.05) is 5.73 Å². The molecule has 5 heteroatoms. The van der Waals surface area contributed by atoms with Gasteiger partial charge in [0.25, 0.3) is 0 Å². The lowest BCUT2D eigenvalue weighted by molar-refractivity contribution is 0.302. The van der Waals surface area contributed by atoms with Crippen LogP contribution in [0, 0.1) is 0 Å². The molecule has 88 valence electrons. The van der Waals surface area contributed by atoms with Crippen LogP contribution in [0.4, 0.5) is 5.69 Å². The average Bonchev–Trinajstić information content (AvgIpc) is 2.29. The third-order valence-corrected chi connectivity index (χ3v) is 2.67. The molecule has 2 aromatic rings. The number of aromatic nitrogens is 1. The zero-order chi connectivity index (χ0) is 12.3. The third-order valence-electron chi connectivity index (χ3n) is 2.11. The highest BCUT2D eigenvalue weighted by atomic mass is 35.5. The van der Waals surface area contributed by atoms with Crippen LogP contribution in [0.2, 0.25) is 10.0 Å². The molecule has 0 aliphatic heterocycles. The van der Waals surface area contributed by atoms with Gasteiger partial charge in [-0.25, -0.2) is 0 Å². The molecular formula is C12H10Cl2N2O. The Morgan fingerprint density at radius 1 is 1.18 bits per heavy atom. The van der Waals surface area contributed by atoms with E-state index in [4.69, 9.17) is 33.7 Å². The number of hydrogen-bond acceptors (Lipinski definition) is 3. The molecule has 2 N–H and O–H groups in total. The Morgan fingerprint density at radius 3 is 2.47 bits per heavy atom. The molecule has 1 heterocycles. The van der Waals surface area contributed by atoms with Gasteiger partial charge < -0.3 is 10.5 Å². The number of ether oxygens (including phenoxy) is 1. The summed E-state index contributed by atoms with van der Waals surface area (Å²) in [6.45, 7) is 0.310. The fraction of sp³-hybridized carbons (Fsp3) is 0.0833. The van der Waals surface area contributed by atoms with Crippen LogP contribution in [0.3, 0.4) is 0 Å². The summed E-state index contributed by atoms with van der Waals surface area (Å²) >= 11 is 12.0. The molecule has 0 saturated heterocycles. The number of benzene rings is 1. The van der Waals surface area contributed by atoms with E-state index in [9.17, 15) is 0 Å². The summed E-state index contributed by atoms with van der Waals surface area (Å²) in [5, 5.41) is 0.789. The minimum atomic E-state index is 0.310. The summed E-state index contributed by atoms with van der Waals surface area (Å²) in [5.41, 5.74) is 6.91. The first kappa shape index (κ1) is 12.0. The van der Waals surface area contributed by atoms with Gasteiger partial charge in [0.2, 0.25) is 0 Å². The van der Waals surface area contributed by atoms with Crippen LogP contribution in [0.5, 0.6) is 5.75 Å². The molecule has 0 aliphatic carbocycles. The van der Waals surface area contributed by atoms with Gasteiger partial charge in [0.1, 0.15) is 6.61 Å². The molecule has 1 aromatic heterocycles. The Morgan fingerprint density at radius 2 is 1.88 bits per heavy atom. The lowest BCUT2D eigenvalue weighted by atomic mass is 10.3. The van der Waals surface area contributed by atoms with E-state index < -0.39 is 0 Å². The van der Waals surface area contributed by atoms with E-state index in [2.05, 4.69) is 4.98 Å². The molecule has 0 spiro atoms. The van der Waals surface area contributed by atoms with Crippen LogP contribution in [-0.4, -0.2) is 4.98 Å². The second-order valence-electron chi connectivity index (χ2n) is 3.42. The van der Waals surface area contributed by atoms with Gasteiger partial charge in [-0.3, -0.25) is 4.98 Å². The zero-order valence-electron chi connectivity index (χ0n) is 8.86. The van der Waals surface area contributed by atoms with Gasteiger partial charge in [0.05, 0.1) is 15.7 Å². The van der Waals surface area contributed by atoms with Crippen molar-refractivity contribution in [3.8, 4) is 5.75 Å². The van der Waals surface area contributed by atoms with E-state index in [0.717, 1.165) is 5.69 Å². The standard InChI is InChI=1S/C12H10Cl2N2O/c13-10-5-8(15)6-11(14)12(10)17-7-9-3-1-2-4-16-9/h1-6H,7,15H2. The van der Waals surface area contributed by atoms with Gasteiger partial charge >= 0.3 is 0 Å². The minimum Gasteiger partial charge on any atom is -0.484 e. The molecule has 2 rings (SSSR count). The molecule has 17 heavy (non-hydrogen) atoms. The van der Waals surface area contributed by atoms with Crippen molar-refractivity contribution in [2.24, 2.45) is 0 Å². The first-order chi connectivity index (χ1) is 8.16. The minimum absolute atomic E-state index is 0.310. The highest BCUT2D eigenvalue weighted by Gasteiger charge is 2.09. The number of rotatable bonds is 3. The molecule has 0 amide bonds. The smallest absolute Gasteiger partial charge is 0.157 e. The molecule has 0 fully saturated rings. The van der Waals surface area contributed by atoms with Crippen LogP contribution >= 0.6 is 23.2 Å². The van der Waals surface area contributed by atoms with Crippen molar-refractivity contribution >= 4 is 28.9 Å². The predicted octanol–water partition coefficient (Wildman–Crippen LogP) is 3.55. The fourth-order valence-electron chi connectivity index (χ4n) is 1.35. The molecule has 0 atom stereocenters. The largest absolute Gasteiger partial charge is 0.484 e. The predicted molar refractivity (Wildman–Crippen MR) is 69.4 cm³/mol. The molecule has 1 aromatic carbocycles. The Balaban J connectivity index is 2.15. The van der Waals surface area contributed by atoms with Gasteiger partial charge in [0, 0.05) is 11.9 Å². The number of nitrogens with zero attached hydrogens (tertiary/aromatic N) is 1. The Hall–Kier alpha value is -1.45. The van der Waals surface area contributed by atoms with E-state index in [1.807, 2.05) is 18.2 Å². The van der Waals surface area contributed by atoms with E-state index in [1.165, 1.54) is 0 Å². The van der Waals surface area contributed by atoms with Gasteiger partial charge in [-0.1, -0.05) is 29.3 Å². The van der Waals surface area contributed by atoms with Crippen molar-refractivity contribution < 1.29 is 4.74 Å². The number of anilines is 1. The number of hydrogen-bond donors (Lipinski definition) is 1. The van der Waals surface area contributed by atoms with E-state index in [1.54, 1.807) is 18.3 Å². The molecule has 0 radical (unpaired) electrons. The Kier molecular flexibility index (Phi) is 3.71. The molecule has 0 unspecified atom stereocenters. The van der Waals surface area contributed by atoms with Gasteiger partial charge in [-0.05, 0) is 24.3 Å². The van der Waals surface area contributed by atoms with Gasteiger partial charge in [-0.2, -0.15) is 0 Å². The summed E-state index contributed by atoms with van der Waals surface area (Å²) < 4.78 is 5.53. The second kappa shape index (κ2) is 5.25. The lowest BCUT2D eigenvalue weighted by Crippen LogP contribution is -1.99. The maximum atomic E-state index is 5.99. The van der Waals surface area contributed by atoms with Gasteiger partial charge in [-0.15, -0.1) is 0 Å². The summed E-state index contributed by atoms with van der Waals surface area (Å²) in [6, 6.07) is 8.78. The van der Waals surface area contributed by atoms with Gasteiger partial charge in [0.15, 0.2) is 5.75 Å². The molecule has 0 aliphatic rings. The van der Waals surface area contributed by atoms with Crippen molar-refractivity contribution in [1.29, 1.82) is 0 Å². The summed E-state index contributed by atoms with van der Waals surface area (Å²) in [6.07, 6.45) is 1.70. The number of halogens is 2. The highest BCUT2D eigenvalue weighted by molar-refractivity contribution is 6.37. The summed E-state index contributed by atoms with van der Waals surface area (Å²) in [5.74, 6) is 0.424. The summed E-state index contributed by atoms with van der Waals surface area (Å²) in [7, 11) is 0. The van der Waals surface area contributed by atoms with Crippen molar-refractivity contribution in [3.63, 3.8) is 0 Å². The summed E-state index contributed by atoms with van der Waals surface area (Å²) in [4.78, 5) is 4.13. The fourth-order valence-corrected chi connectivity index (χ4v) is 1.96. The topological polar surface area (TPSA) is 48.1 Å². The maximum absolute atomic E-state index is 5.99. The van der Waals surface area contributed by atoms with Crippen LogP contribution < -0.4 is 10.5 Å². The number of nitrogens with two attached hydrogens (primary N) is 1. The third kappa shape index (κ3) is 3.02. The van der Waals surface area contributed by atoms with Crippen LogP contribution in [0.15, 0.2) is 36.5 Å². The van der Waals surface area contributed by atoms with Crippen LogP contribution in [0.25, 0.3) is 0 Å². The van der Waals surface area contributed by atoms with E-state index in [-0.39, 0.29) is 0 Å². The van der Waals surface area contributed by atoms with E-state index >= 15 is 0 Å². The highest BCUT2D eigenvalue weighted by Crippen LogP contribution is 2.35. The van der Waals surface area contributed by atoms with Crippen molar-refractivity contribution in [2.45, 2.75) is 6.61 Å². The quantitative estimate of drug-likeness (QED) is 0.867. The second-order valence-corrected chi connectivity index (χ2v) is 4.24. The Labute approximate surface area is 109 Å². The molecular weight excluding hydrogens is 259 g/mol. The average molecular weight is 269 g/mol. The van der Waals surface area contributed by atoms with Crippen LogP contribution in [0.1, 0.15) is 5.69 Å². The van der Waals surface area contributed by atoms with E-state index in [0.29, 0.717) is 28.1 Å². The van der Waals surface area contributed by atoms with Crippen molar-refractivity contribution in [1.82, 2.24) is 4.98 Å². The number of pyridine rings is 1. The lowest BCUT2D eigenvalue weighted by Gasteiger charge is -2.10. The number of nitrogen functional groups attached to an aromatic ring is 1. The van der Waals surface area contributed by atoms with Crippen LogP contribution in [-0.2, 0) is 6.61 Å². The SMILES string of the molecule is Nc1cc(Cl)c(OCc2ccccn2)c(Cl)c1. The molecule has 0 saturated carbocycles. The first-order valence-electron chi connectivity index (χ1n) is 4.94.